The predicted molar refractivity (Wildman–Crippen MR) is 179 cm³/mol. The molecule has 0 bridgehead atoms. The van der Waals surface area contributed by atoms with Crippen LogP contribution in [0.15, 0.2) is 138 Å². The van der Waals surface area contributed by atoms with E-state index in [1.54, 1.807) is 0 Å². The molecule has 0 fully saturated rings. The van der Waals surface area contributed by atoms with Crippen molar-refractivity contribution >= 4 is 57.2 Å². The van der Waals surface area contributed by atoms with Gasteiger partial charge < -0.3 is 9.80 Å². The largest absolute Gasteiger partial charge is 0.315 e. The topological polar surface area (TPSA) is 6.48 Å². The number of hydrogen-bond acceptors (Lipinski definition) is 2. The van der Waals surface area contributed by atoms with Gasteiger partial charge in [-0.05, 0) is 99.9 Å². The first kappa shape index (κ1) is 23.9. The van der Waals surface area contributed by atoms with Crippen LogP contribution in [0.25, 0.3) is 16.8 Å². The Labute approximate surface area is 248 Å². The van der Waals surface area contributed by atoms with Crippen molar-refractivity contribution in [1.29, 1.82) is 0 Å². The Morgan fingerprint density at radius 2 is 1.38 bits per heavy atom. The maximum Gasteiger partial charge on any atom is 0.253 e. The molecule has 5 aromatic carbocycles. The molecule has 0 N–H and O–H groups in total. The Balaban J connectivity index is 1.45. The highest BCUT2D eigenvalue weighted by molar-refractivity contribution is 6.96. The quantitative estimate of drug-likeness (QED) is 0.207. The Kier molecular flexibility index (Phi) is 5.19. The number of benzene rings is 5. The van der Waals surface area contributed by atoms with Crippen molar-refractivity contribution in [3.8, 4) is 0 Å². The lowest BCUT2D eigenvalue weighted by Crippen LogP contribution is -2.58. The van der Waals surface area contributed by atoms with Gasteiger partial charge in [0, 0.05) is 34.1 Å². The van der Waals surface area contributed by atoms with Gasteiger partial charge in [-0.1, -0.05) is 97.9 Å². The molecule has 200 valence electrons. The van der Waals surface area contributed by atoms with Crippen molar-refractivity contribution in [2.45, 2.75) is 32.1 Å². The van der Waals surface area contributed by atoms with Crippen molar-refractivity contribution in [3.63, 3.8) is 0 Å². The fourth-order valence-corrected chi connectivity index (χ4v) is 7.99. The molecular weight excluding hydrogens is 507 g/mol. The smallest absolute Gasteiger partial charge is 0.253 e. The summed E-state index contributed by atoms with van der Waals surface area (Å²) in [5.41, 5.74) is 15.1. The zero-order valence-electron chi connectivity index (χ0n) is 23.8. The lowest BCUT2D eigenvalue weighted by molar-refractivity contribution is 0.772. The Morgan fingerprint density at radius 1 is 0.690 bits per heavy atom. The first-order chi connectivity index (χ1) is 20.8. The van der Waals surface area contributed by atoms with Crippen molar-refractivity contribution in [2.75, 3.05) is 9.80 Å². The Bertz CT molecular complexity index is 1990. The second-order valence-electron chi connectivity index (χ2n) is 12.0. The summed E-state index contributed by atoms with van der Waals surface area (Å²) in [4.78, 5) is 5.12. The number of hydrogen-bond donors (Lipinski definition) is 0. The number of anilines is 4. The summed E-state index contributed by atoms with van der Waals surface area (Å²) >= 11 is 0. The summed E-state index contributed by atoms with van der Waals surface area (Å²) in [5, 5.41) is 2.65. The average Bonchev–Trinajstić information content (AvgIpc) is 3.05. The minimum absolute atomic E-state index is 0.160. The van der Waals surface area contributed by atoms with Gasteiger partial charge in [0.15, 0.2) is 0 Å². The SMILES string of the molecule is CC1CC=Cc2c1ccc1c2B2C3=C(CCC=C3N(c3ccccc3)c3ccc4ccccc4c32)N1c1ccccc1. The third kappa shape index (κ3) is 3.28. The number of fused-ring (bicyclic) bond motifs is 8. The third-order valence-corrected chi connectivity index (χ3v) is 9.74. The molecule has 0 saturated carbocycles. The van der Waals surface area contributed by atoms with Crippen LogP contribution in [0.5, 0.6) is 0 Å². The van der Waals surface area contributed by atoms with Gasteiger partial charge in [0.1, 0.15) is 0 Å². The molecule has 42 heavy (non-hydrogen) atoms. The van der Waals surface area contributed by atoms with Crippen molar-refractivity contribution in [3.05, 3.63) is 149 Å². The number of para-hydroxylation sites is 2. The van der Waals surface area contributed by atoms with E-state index >= 15 is 0 Å². The molecule has 2 heterocycles. The predicted octanol–water partition coefficient (Wildman–Crippen LogP) is 8.74. The van der Waals surface area contributed by atoms with Gasteiger partial charge >= 0.3 is 0 Å². The van der Waals surface area contributed by atoms with Crippen molar-refractivity contribution in [2.24, 2.45) is 0 Å². The molecule has 4 aliphatic rings. The Morgan fingerprint density at radius 3 is 2.19 bits per heavy atom. The summed E-state index contributed by atoms with van der Waals surface area (Å²) in [7, 11) is 0. The molecule has 0 amide bonds. The average molecular weight is 539 g/mol. The second-order valence-corrected chi connectivity index (χ2v) is 12.0. The van der Waals surface area contributed by atoms with Crippen LogP contribution in [-0.2, 0) is 0 Å². The van der Waals surface area contributed by atoms with Crippen LogP contribution in [-0.4, -0.2) is 6.71 Å². The van der Waals surface area contributed by atoms with Gasteiger partial charge in [-0.25, -0.2) is 0 Å². The molecule has 3 heteroatoms. The van der Waals surface area contributed by atoms with E-state index in [1.807, 2.05) is 0 Å². The Hall–Kier alpha value is -4.76. The molecule has 0 radical (unpaired) electrons. The van der Waals surface area contributed by atoms with E-state index in [0.29, 0.717) is 5.92 Å². The fraction of sp³-hybridized carbons (Fsp3) is 0.128. The minimum atomic E-state index is 0.160. The molecule has 2 aliphatic carbocycles. The molecule has 5 aromatic rings. The standard InChI is InChI=1S/C39H31BN2/c1-26-12-10-19-32-30(26)23-25-36-38(32)40-37-31-18-9-8-13-27(31)22-24-35(37)41(28-14-4-2-5-15-28)33-20-11-21-34(39(33)40)42(36)29-16-6-3-7-17-29/h2-10,13-20,22-26H,11-12,21H2,1H3. The summed E-state index contributed by atoms with van der Waals surface area (Å²) in [6, 6.07) is 40.5. The number of nitrogens with zero attached hydrogens (tertiary/aromatic N) is 2. The van der Waals surface area contributed by atoms with E-state index in [2.05, 4.69) is 144 Å². The minimum Gasteiger partial charge on any atom is -0.315 e. The van der Waals surface area contributed by atoms with Gasteiger partial charge in [0.2, 0.25) is 0 Å². The highest BCUT2D eigenvalue weighted by Crippen LogP contribution is 2.49. The van der Waals surface area contributed by atoms with E-state index in [1.165, 1.54) is 72.4 Å². The van der Waals surface area contributed by atoms with Crippen LogP contribution < -0.4 is 20.7 Å². The molecule has 1 atom stereocenters. The number of allylic oxidation sites excluding steroid dienone is 4. The summed E-state index contributed by atoms with van der Waals surface area (Å²) in [5.74, 6) is 0.508. The lowest BCUT2D eigenvalue weighted by atomic mass is 9.30. The lowest BCUT2D eigenvalue weighted by Gasteiger charge is -2.48. The highest BCUT2D eigenvalue weighted by atomic mass is 15.2. The van der Waals surface area contributed by atoms with Crippen LogP contribution in [0.2, 0.25) is 0 Å². The first-order valence-electron chi connectivity index (χ1n) is 15.3. The maximum absolute atomic E-state index is 2.58. The van der Waals surface area contributed by atoms with Gasteiger partial charge in [-0.2, -0.15) is 0 Å². The summed E-state index contributed by atoms with van der Waals surface area (Å²) in [6.45, 7) is 2.54. The monoisotopic (exact) mass is 538 g/mol. The second kappa shape index (κ2) is 9.12. The maximum atomic E-state index is 2.58. The van der Waals surface area contributed by atoms with Gasteiger partial charge in [0.05, 0.1) is 0 Å². The van der Waals surface area contributed by atoms with Crippen molar-refractivity contribution in [1.82, 2.24) is 0 Å². The van der Waals surface area contributed by atoms with Crippen LogP contribution >= 0.6 is 0 Å². The zero-order chi connectivity index (χ0) is 27.8. The van der Waals surface area contributed by atoms with Crippen LogP contribution in [0.1, 0.15) is 43.2 Å². The van der Waals surface area contributed by atoms with Gasteiger partial charge in [-0.3, -0.25) is 0 Å². The van der Waals surface area contributed by atoms with E-state index in [4.69, 9.17) is 0 Å². The first-order valence-corrected chi connectivity index (χ1v) is 15.3. The molecule has 1 unspecified atom stereocenters. The molecule has 0 saturated heterocycles. The van der Waals surface area contributed by atoms with Gasteiger partial charge in [0.25, 0.3) is 6.71 Å². The molecular formula is C39H31BN2. The van der Waals surface area contributed by atoms with E-state index < -0.39 is 0 Å². The normalized spacial score (nSPS) is 18.4. The van der Waals surface area contributed by atoms with Crippen LogP contribution in [0, 0.1) is 0 Å². The van der Waals surface area contributed by atoms with Crippen LogP contribution in [0.4, 0.5) is 22.7 Å². The van der Waals surface area contributed by atoms with Gasteiger partial charge in [-0.15, -0.1) is 0 Å². The van der Waals surface area contributed by atoms with E-state index in [0.717, 1.165) is 19.3 Å². The summed E-state index contributed by atoms with van der Waals surface area (Å²) < 4.78 is 0. The molecule has 2 aliphatic heterocycles. The van der Waals surface area contributed by atoms with E-state index in [-0.39, 0.29) is 6.71 Å². The summed E-state index contributed by atoms with van der Waals surface area (Å²) in [6.07, 6.45) is 10.5. The zero-order valence-corrected chi connectivity index (χ0v) is 23.8. The molecule has 9 rings (SSSR count). The number of rotatable bonds is 2. The molecule has 2 nitrogen and oxygen atoms in total. The third-order valence-electron chi connectivity index (χ3n) is 9.74. The van der Waals surface area contributed by atoms with Crippen LogP contribution in [0.3, 0.4) is 0 Å². The molecule has 0 aromatic heterocycles. The fourth-order valence-electron chi connectivity index (χ4n) is 7.99. The highest BCUT2D eigenvalue weighted by Gasteiger charge is 2.47. The van der Waals surface area contributed by atoms with Crippen molar-refractivity contribution < 1.29 is 0 Å². The van der Waals surface area contributed by atoms with E-state index in [9.17, 15) is 0 Å². The molecule has 0 spiro atoms.